The molecule has 1 aliphatic heterocycles. The van der Waals surface area contributed by atoms with E-state index in [2.05, 4.69) is 15.0 Å². The Labute approximate surface area is 181 Å². The number of anilines is 2. The summed E-state index contributed by atoms with van der Waals surface area (Å²) in [4.78, 5) is 13.9. The number of rotatable bonds is 3. The average molecular weight is 440 g/mol. The van der Waals surface area contributed by atoms with E-state index in [1.165, 1.54) is 6.07 Å². The molecule has 0 radical (unpaired) electrons. The number of pyridine rings is 1. The maximum Gasteiger partial charge on any atom is 0.416 e. The molecule has 0 spiro atoms. The van der Waals surface area contributed by atoms with Crippen LogP contribution in [0.15, 0.2) is 54.7 Å². The van der Waals surface area contributed by atoms with Crippen LogP contribution in [0.2, 0.25) is 0 Å². The molecule has 0 fully saturated rings. The third kappa shape index (κ3) is 3.44. The highest BCUT2D eigenvalue weighted by Gasteiger charge is 2.33. The Kier molecular flexibility index (Phi) is 4.78. The number of ether oxygens (including phenoxy) is 1. The van der Waals surface area contributed by atoms with Crippen molar-refractivity contribution in [1.29, 1.82) is 0 Å². The van der Waals surface area contributed by atoms with E-state index in [-0.39, 0.29) is 24.8 Å². The van der Waals surface area contributed by atoms with Gasteiger partial charge in [0.1, 0.15) is 18.2 Å². The summed E-state index contributed by atoms with van der Waals surface area (Å²) in [5, 5.41) is 9.92. The predicted octanol–water partition coefficient (Wildman–Crippen LogP) is 4.84. The number of hydrogen-bond acceptors (Lipinski definition) is 5. The molecule has 9 heteroatoms. The van der Waals surface area contributed by atoms with E-state index < -0.39 is 11.7 Å². The molecule has 3 heterocycles. The molecule has 2 aromatic heterocycles. The first-order valence-electron chi connectivity index (χ1n) is 10.0. The minimum Gasteiger partial charge on any atom is -0.488 e. The molecular formula is C23H19F3N4O2. The Hall–Kier alpha value is -3.59. The fourth-order valence-electron chi connectivity index (χ4n) is 3.86. The quantitative estimate of drug-likeness (QED) is 0.477. The molecular weight excluding hydrogens is 421 g/mol. The van der Waals surface area contributed by atoms with Crippen molar-refractivity contribution in [3.63, 3.8) is 0 Å². The molecule has 32 heavy (non-hydrogen) atoms. The van der Waals surface area contributed by atoms with Gasteiger partial charge in [-0.1, -0.05) is 12.1 Å². The van der Waals surface area contributed by atoms with Gasteiger partial charge in [0.2, 0.25) is 0 Å². The Balaban J connectivity index is 1.62. The highest BCUT2D eigenvalue weighted by atomic mass is 19.4. The summed E-state index contributed by atoms with van der Waals surface area (Å²) in [6.45, 7) is 2.02. The second-order valence-electron chi connectivity index (χ2n) is 7.68. The van der Waals surface area contributed by atoms with E-state index >= 15 is 0 Å². The summed E-state index contributed by atoms with van der Waals surface area (Å²) in [5.41, 5.74) is 2.28. The second kappa shape index (κ2) is 7.52. The summed E-state index contributed by atoms with van der Waals surface area (Å²) >= 11 is 0. The molecule has 4 aromatic rings. The number of nitrogens with zero attached hydrogens (tertiary/aromatic N) is 3. The van der Waals surface area contributed by atoms with Gasteiger partial charge in [0.15, 0.2) is 5.75 Å². The van der Waals surface area contributed by atoms with Crippen molar-refractivity contribution < 1.29 is 23.0 Å². The molecule has 2 aromatic carbocycles. The molecule has 1 aliphatic rings. The first-order chi connectivity index (χ1) is 15.3. The van der Waals surface area contributed by atoms with Gasteiger partial charge in [0.25, 0.3) is 0 Å². The lowest BCUT2D eigenvalue weighted by molar-refractivity contribution is -0.137. The van der Waals surface area contributed by atoms with E-state index in [0.29, 0.717) is 34.2 Å². The first-order valence-corrected chi connectivity index (χ1v) is 10.0. The molecule has 0 aliphatic carbocycles. The molecule has 0 saturated heterocycles. The van der Waals surface area contributed by atoms with Crippen LogP contribution in [0.4, 0.5) is 24.7 Å². The lowest BCUT2D eigenvalue weighted by Gasteiger charge is -2.37. The van der Waals surface area contributed by atoms with Crippen molar-refractivity contribution in [2.24, 2.45) is 0 Å². The predicted molar refractivity (Wildman–Crippen MR) is 114 cm³/mol. The third-order valence-corrected chi connectivity index (χ3v) is 5.46. The molecule has 164 valence electrons. The number of imidazole rings is 1. The fourth-order valence-corrected chi connectivity index (χ4v) is 3.86. The normalized spacial score (nSPS) is 16.2. The van der Waals surface area contributed by atoms with Crippen LogP contribution in [0.25, 0.3) is 22.4 Å². The van der Waals surface area contributed by atoms with Gasteiger partial charge in [-0.15, -0.1) is 0 Å². The summed E-state index contributed by atoms with van der Waals surface area (Å²) in [7, 11) is 0. The smallest absolute Gasteiger partial charge is 0.416 e. The average Bonchev–Trinajstić information content (AvgIpc) is 3.21. The van der Waals surface area contributed by atoms with Crippen molar-refractivity contribution >= 4 is 22.5 Å². The van der Waals surface area contributed by atoms with Crippen LogP contribution < -0.4 is 9.64 Å². The van der Waals surface area contributed by atoms with Gasteiger partial charge >= 0.3 is 6.18 Å². The largest absolute Gasteiger partial charge is 0.488 e. The van der Waals surface area contributed by atoms with Gasteiger partial charge in [-0.25, -0.2) is 9.97 Å². The van der Waals surface area contributed by atoms with Crippen molar-refractivity contribution in [2.45, 2.75) is 19.1 Å². The Bertz CT molecular complexity index is 1280. The van der Waals surface area contributed by atoms with E-state index in [1.54, 1.807) is 12.3 Å². The molecule has 1 atom stereocenters. The fraction of sp³-hybridized carbons (Fsp3) is 0.217. The number of nitrogens with one attached hydrogen (secondary N) is 1. The number of aliphatic hydroxyl groups is 1. The minimum absolute atomic E-state index is 0.135. The van der Waals surface area contributed by atoms with E-state index in [4.69, 9.17) is 4.74 Å². The molecule has 6 nitrogen and oxygen atoms in total. The van der Waals surface area contributed by atoms with Crippen molar-refractivity contribution in [3.05, 3.63) is 65.9 Å². The van der Waals surface area contributed by atoms with Crippen LogP contribution >= 0.6 is 0 Å². The molecule has 5 rings (SSSR count). The number of aryl methyl sites for hydroxylation is 1. The van der Waals surface area contributed by atoms with Crippen LogP contribution in [0.3, 0.4) is 0 Å². The number of para-hydroxylation sites is 1. The van der Waals surface area contributed by atoms with Crippen molar-refractivity contribution in [3.8, 4) is 17.1 Å². The number of aliphatic hydroxyl groups excluding tert-OH is 1. The van der Waals surface area contributed by atoms with Crippen molar-refractivity contribution in [2.75, 3.05) is 18.1 Å². The molecule has 0 saturated carbocycles. The number of benzene rings is 2. The van der Waals surface area contributed by atoms with E-state index in [0.717, 1.165) is 17.7 Å². The van der Waals surface area contributed by atoms with Crippen molar-refractivity contribution in [1.82, 2.24) is 15.0 Å². The number of H-pyrrole nitrogens is 1. The highest BCUT2D eigenvalue weighted by Crippen LogP contribution is 2.44. The number of halogens is 3. The Morgan fingerprint density at radius 2 is 2.03 bits per heavy atom. The number of aromatic amines is 1. The van der Waals surface area contributed by atoms with Gasteiger partial charge in [0.05, 0.1) is 40.5 Å². The SMILES string of the molecule is Cc1ccc(N2c3cccc(-c4nc5ccc(C(F)(F)F)cc5[nH]4)c3OC[C@@H]2CO)nc1. The molecule has 0 unspecified atom stereocenters. The maximum atomic E-state index is 13.1. The first kappa shape index (κ1) is 20.3. The van der Waals surface area contributed by atoms with E-state index in [1.807, 2.05) is 36.1 Å². The summed E-state index contributed by atoms with van der Waals surface area (Å²) < 4.78 is 45.2. The number of aromatic nitrogens is 3. The van der Waals surface area contributed by atoms with Crippen LogP contribution in [0, 0.1) is 6.92 Å². The Morgan fingerprint density at radius 3 is 2.75 bits per heavy atom. The number of fused-ring (bicyclic) bond motifs is 2. The van der Waals surface area contributed by atoms with Crippen LogP contribution in [0.5, 0.6) is 5.75 Å². The monoisotopic (exact) mass is 440 g/mol. The van der Waals surface area contributed by atoms with Gasteiger partial charge in [-0.05, 0) is 48.9 Å². The zero-order valence-electron chi connectivity index (χ0n) is 17.0. The van der Waals surface area contributed by atoms with Crippen LogP contribution in [-0.2, 0) is 6.18 Å². The lowest BCUT2D eigenvalue weighted by atomic mass is 10.1. The Morgan fingerprint density at radius 1 is 1.19 bits per heavy atom. The lowest BCUT2D eigenvalue weighted by Crippen LogP contribution is -2.43. The van der Waals surface area contributed by atoms with Crippen LogP contribution in [-0.4, -0.2) is 39.3 Å². The highest BCUT2D eigenvalue weighted by molar-refractivity contribution is 5.85. The number of alkyl halides is 3. The topological polar surface area (TPSA) is 74.3 Å². The summed E-state index contributed by atoms with van der Waals surface area (Å²) in [5.74, 6) is 1.58. The van der Waals surface area contributed by atoms with Gasteiger partial charge in [-0.2, -0.15) is 13.2 Å². The summed E-state index contributed by atoms with van der Waals surface area (Å²) in [6.07, 6.45) is -2.68. The van der Waals surface area contributed by atoms with Gasteiger partial charge in [0, 0.05) is 6.20 Å². The zero-order valence-corrected chi connectivity index (χ0v) is 17.0. The second-order valence-corrected chi connectivity index (χ2v) is 7.68. The number of hydrogen-bond donors (Lipinski definition) is 2. The molecule has 0 bridgehead atoms. The summed E-state index contributed by atoms with van der Waals surface area (Å²) in [6, 6.07) is 12.3. The molecule has 0 amide bonds. The van der Waals surface area contributed by atoms with Gasteiger partial charge < -0.3 is 19.7 Å². The zero-order chi connectivity index (χ0) is 22.5. The minimum atomic E-state index is -4.44. The maximum absolute atomic E-state index is 13.1. The van der Waals surface area contributed by atoms with Gasteiger partial charge in [-0.3, -0.25) is 0 Å². The third-order valence-electron chi connectivity index (χ3n) is 5.46. The van der Waals surface area contributed by atoms with E-state index in [9.17, 15) is 18.3 Å². The van der Waals surface area contributed by atoms with Crippen LogP contribution in [0.1, 0.15) is 11.1 Å². The standard InChI is InChI=1S/C23H19F3N4O2/c1-13-5-8-20(27-10-13)30-15(11-31)12-32-21-16(3-2-4-19(21)30)22-28-17-7-6-14(23(24,25)26)9-18(17)29-22/h2-10,15,31H,11-12H2,1H3,(H,28,29)/t15-/m0/s1. The molecule has 2 N–H and O–H groups in total.